The number of anilines is 1. The number of ether oxygens (including phenoxy) is 1. The molecule has 0 atom stereocenters. The van der Waals surface area contributed by atoms with Crippen LogP contribution in [0.3, 0.4) is 0 Å². The monoisotopic (exact) mass is 559 g/mol. The average Bonchev–Trinajstić information content (AvgIpc) is 3.22. The normalized spacial score (nSPS) is 19.1. The zero-order valence-corrected chi connectivity index (χ0v) is 23.0. The third kappa shape index (κ3) is 6.09. The minimum absolute atomic E-state index is 0.0427. The maximum Gasteiger partial charge on any atom is 0.449 e. The van der Waals surface area contributed by atoms with Crippen molar-refractivity contribution >= 4 is 32.8 Å². The summed E-state index contributed by atoms with van der Waals surface area (Å²) >= 11 is 0. The van der Waals surface area contributed by atoms with Gasteiger partial charge in [0.1, 0.15) is 0 Å². The summed E-state index contributed by atoms with van der Waals surface area (Å²) in [6, 6.07) is 4.29. The van der Waals surface area contributed by atoms with Crippen LogP contribution in [-0.2, 0) is 32.5 Å². The molecule has 0 bridgehead atoms. The van der Waals surface area contributed by atoms with E-state index >= 15 is 0 Å². The van der Waals surface area contributed by atoms with Crippen LogP contribution in [0.1, 0.15) is 52.3 Å². The summed E-state index contributed by atoms with van der Waals surface area (Å²) in [5.74, 6) is -1.03. The minimum Gasteiger partial charge on any atom is -0.381 e. The number of halogens is 3. The number of nitrogens with one attached hydrogen (secondary N) is 1. The largest absolute Gasteiger partial charge is 0.449 e. The van der Waals surface area contributed by atoms with E-state index in [9.17, 15) is 26.4 Å². The lowest BCUT2D eigenvalue weighted by Crippen LogP contribution is -2.51. The van der Waals surface area contributed by atoms with E-state index in [1.54, 1.807) is 0 Å². The molecule has 2 aliphatic heterocycles. The van der Waals surface area contributed by atoms with E-state index < -0.39 is 27.6 Å². The van der Waals surface area contributed by atoms with Crippen LogP contribution in [-0.4, -0.2) is 67.6 Å². The summed E-state index contributed by atoms with van der Waals surface area (Å²) in [5, 5.41) is 2.98. The molecule has 0 unspecified atom stereocenters. The molecule has 4 rings (SSSR count). The molecule has 2 aromatic rings. The Morgan fingerprint density at radius 2 is 1.76 bits per heavy atom. The van der Waals surface area contributed by atoms with Gasteiger partial charge >= 0.3 is 16.4 Å². The van der Waals surface area contributed by atoms with Gasteiger partial charge in [-0.15, -0.1) is 0 Å². The number of hydrogen-bond acceptors (Lipinski definition) is 5. The Balaban J connectivity index is 1.52. The van der Waals surface area contributed by atoms with Crippen LogP contribution < -0.4 is 9.62 Å². The van der Waals surface area contributed by atoms with E-state index in [0.717, 1.165) is 4.31 Å². The third-order valence-electron chi connectivity index (χ3n) is 7.27. The Hall–Kier alpha value is -2.38. The van der Waals surface area contributed by atoms with Gasteiger partial charge in [-0.2, -0.15) is 25.9 Å². The van der Waals surface area contributed by atoms with Crippen LogP contribution in [0.15, 0.2) is 18.2 Å². The molecule has 0 radical (unpaired) electrons. The number of carbonyl (C=O) groups excluding carboxylic acids is 1. The average molecular weight is 560 g/mol. The highest BCUT2D eigenvalue weighted by molar-refractivity contribution is 7.90. The number of benzene rings is 1. The zero-order chi connectivity index (χ0) is 27.9. The van der Waals surface area contributed by atoms with E-state index in [-0.39, 0.29) is 48.7 Å². The number of fused-ring (bicyclic) bond motifs is 1. The van der Waals surface area contributed by atoms with Gasteiger partial charge in [0.05, 0.1) is 16.7 Å². The van der Waals surface area contributed by atoms with Crippen molar-refractivity contribution in [1.29, 1.82) is 0 Å². The van der Waals surface area contributed by atoms with E-state index in [1.165, 1.54) is 34.1 Å². The molecule has 0 saturated carbocycles. The molecule has 3 heterocycles. The summed E-state index contributed by atoms with van der Waals surface area (Å²) in [6.45, 7) is 7.11. The lowest BCUT2D eigenvalue weighted by molar-refractivity contribution is -0.147. The highest BCUT2D eigenvalue weighted by atomic mass is 32.2. The second-order valence-electron chi connectivity index (χ2n) is 11.1. The first-order valence-electron chi connectivity index (χ1n) is 12.9. The van der Waals surface area contributed by atoms with Crippen LogP contribution in [0.2, 0.25) is 0 Å². The van der Waals surface area contributed by atoms with Crippen LogP contribution >= 0.6 is 0 Å². The number of aromatic nitrogens is 2. The fourth-order valence-corrected chi connectivity index (χ4v) is 6.24. The number of alkyl halides is 3. The van der Waals surface area contributed by atoms with Crippen LogP contribution in [0.5, 0.6) is 0 Å². The van der Waals surface area contributed by atoms with Crippen molar-refractivity contribution in [3.05, 3.63) is 24.0 Å². The predicted octanol–water partition coefficient (Wildman–Crippen LogP) is 3.79. The molecule has 38 heavy (non-hydrogen) atoms. The Labute approximate surface area is 221 Å². The maximum absolute atomic E-state index is 13.9. The van der Waals surface area contributed by atoms with Gasteiger partial charge in [-0.3, -0.25) is 9.10 Å². The molecule has 1 amide bonds. The minimum atomic E-state index is -4.64. The van der Waals surface area contributed by atoms with E-state index in [0.29, 0.717) is 44.4 Å². The lowest BCUT2D eigenvalue weighted by atomic mass is 9.94. The van der Waals surface area contributed by atoms with Crippen molar-refractivity contribution in [3.8, 4) is 0 Å². The Morgan fingerprint density at radius 3 is 2.34 bits per heavy atom. The molecule has 1 N–H and O–H groups in total. The van der Waals surface area contributed by atoms with Crippen LogP contribution in [0.4, 0.5) is 18.9 Å². The van der Waals surface area contributed by atoms with E-state index in [1.807, 2.05) is 20.8 Å². The number of imidazole rings is 1. The van der Waals surface area contributed by atoms with Crippen LogP contribution in [0.25, 0.3) is 11.0 Å². The Kier molecular flexibility index (Phi) is 8.02. The molecule has 9 nitrogen and oxygen atoms in total. The number of hydrogen-bond donors (Lipinski definition) is 1. The summed E-state index contributed by atoms with van der Waals surface area (Å²) in [7, 11) is -2.55. The van der Waals surface area contributed by atoms with Crippen molar-refractivity contribution in [2.75, 3.05) is 37.7 Å². The summed E-state index contributed by atoms with van der Waals surface area (Å²) in [6.07, 6.45) is -2.35. The molecular weight excluding hydrogens is 523 g/mol. The quantitative estimate of drug-likeness (QED) is 0.581. The van der Waals surface area contributed by atoms with E-state index in [2.05, 4.69) is 10.3 Å². The predicted molar refractivity (Wildman–Crippen MR) is 138 cm³/mol. The van der Waals surface area contributed by atoms with Crippen molar-refractivity contribution in [1.82, 2.24) is 19.2 Å². The Bertz CT molecular complexity index is 1260. The third-order valence-corrected chi connectivity index (χ3v) is 9.19. The van der Waals surface area contributed by atoms with Gasteiger partial charge in [0.25, 0.3) is 0 Å². The number of rotatable bonds is 6. The van der Waals surface area contributed by atoms with Gasteiger partial charge in [0, 0.05) is 51.4 Å². The summed E-state index contributed by atoms with van der Waals surface area (Å²) in [5.41, 5.74) is 0.0951. The van der Waals surface area contributed by atoms with E-state index in [4.69, 9.17) is 4.74 Å². The van der Waals surface area contributed by atoms with Crippen molar-refractivity contribution in [2.24, 2.45) is 11.3 Å². The first-order valence-corrected chi connectivity index (χ1v) is 14.3. The highest BCUT2D eigenvalue weighted by Crippen LogP contribution is 2.35. The SMILES string of the molecule is CN(c1ccc2c(c1)nc(C(F)(F)F)n2CC1CCOCC1)S(=O)(=O)N1CCC(NC(=O)C(C)(C)C)CC1. The molecule has 212 valence electrons. The first-order chi connectivity index (χ1) is 17.7. The van der Waals surface area contributed by atoms with Gasteiger partial charge in [0.15, 0.2) is 0 Å². The fourth-order valence-electron chi connectivity index (χ4n) is 4.84. The molecular formula is C25H36F3N5O4S. The summed E-state index contributed by atoms with van der Waals surface area (Å²) in [4.78, 5) is 16.2. The number of piperidine rings is 1. The maximum atomic E-state index is 13.9. The molecule has 0 aliphatic carbocycles. The fraction of sp³-hybridized carbons (Fsp3) is 0.680. The molecule has 13 heteroatoms. The zero-order valence-electron chi connectivity index (χ0n) is 22.2. The lowest BCUT2D eigenvalue weighted by Gasteiger charge is -2.35. The second-order valence-corrected chi connectivity index (χ2v) is 13.1. The second kappa shape index (κ2) is 10.6. The molecule has 2 aliphatic rings. The number of carbonyl (C=O) groups is 1. The first kappa shape index (κ1) is 28.6. The highest BCUT2D eigenvalue weighted by Gasteiger charge is 2.39. The molecule has 2 fully saturated rings. The van der Waals surface area contributed by atoms with Crippen LogP contribution in [0, 0.1) is 11.3 Å². The van der Waals surface area contributed by atoms with Crippen molar-refractivity contribution in [3.63, 3.8) is 0 Å². The topological polar surface area (TPSA) is 96.8 Å². The Morgan fingerprint density at radius 1 is 1.13 bits per heavy atom. The molecule has 2 saturated heterocycles. The molecule has 0 spiro atoms. The van der Waals surface area contributed by atoms with Crippen molar-refractivity contribution < 1.29 is 31.1 Å². The van der Waals surface area contributed by atoms with Gasteiger partial charge in [-0.25, -0.2) is 4.98 Å². The number of amides is 1. The van der Waals surface area contributed by atoms with Gasteiger partial charge < -0.3 is 14.6 Å². The van der Waals surface area contributed by atoms with Gasteiger partial charge in [0.2, 0.25) is 11.7 Å². The van der Waals surface area contributed by atoms with Crippen molar-refractivity contribution in [2.45, 2.75) is 65.2 Å². The van der Waals surface area contributed by atoms with Gasteiger partial charge in [-0.1, -0.05) is 20.8 Å². The number of nitrogens with zero attached hydrogens (tertiary/aromatic N) is 4. The summed E-state index contributed by atoms with van der Waals surface area (Å²) < 4.78 is 77.2. The van der Waals surface area contributed by atoms with Gasteiger partial charge in [-0.05, 0) is 49.8 Å². The standard InChI is InChI=1S/C25H36F3N5O4S/c1-24(2,3)23(34)29-18-7-11-32(12-8-18)38(35,36)31(4)19-5-6-21-20(15-19)30-22(25(26,27)28)33(21)16-17-9-13-37-14-10-17/h5-6,15,17-18H,7-14,16H2,1-4H3,(H,29,34). The molecule has 1 aromatic heterocycles. The molecule has 1 aromatic carbocycles. The smallest absolute Gasteiger partial charge is 0.381 e.